The molecular weight excluding hydrogens is 515 g/mol. The normalized spacial score (nSPS) is 18.4. The smallest absolute Gasteiger partial charge is 0.246 e. The number of carbonyl (C=O) groups is 1. The molecule has 0 bridgehead atoms. The Kier molecular flexibility index (Phi) is 8.52. The minimum atomic E-state index is -4.10. The lowest BCUT2D eigenvalue weighted by molar-refractivity contribution is -0.134. The first-order chi connectivity index (χ1) is 17.7. The van der Waals surface area contributed by atoms with Gasteiger partial charge < -0.3 is 9.64 Å². The average Bonchev–Trinajstić information content (AvgIpc) is 2.89. The van der Waals surface area contributed by atoms with Crippen LogP contribution in [0.2, 0.25) is 5.02 Å². The number of nitrogens with zero attached hydrogens (tertiary/aromatic N) is 2. The van der Waals surface area contributed by atoms with Crippen LogP contribution in [0.15, 0.2) is 83.8 Å². The summed E-state index contributed by atoms with van der Waals surface area (Å²) in [6.45, 7) is 0.851. The summed E-state index contributed by atoms with van der Waals surface area (Å²) in [4.78, 5) is 14.7. The van der Waals surface area contributed by atoms with Crippen molar-refractivity contribution in [2.45, 2.75) is 30.7 Å². The zero-order valence-electron chi connectivity index (χ0n) is 20.6. The van der Waals surface area contributed by atoms with Crippen molar-refractivity contribution >= 4 is 27.5 Å². The van der Waals surface area contributed by atoms with Crippen LogP contribution in [0.3, 0.4) is 0 Å². The van der Waals surface area contributed by atoms with E-state index >= 15 is 0 Å². The van der Waals surface area contributed by atoms with Gasteiger partial charge in [0, 0.05) is 43.5 Å². The maximum atomic E-state index is 14.5. The van der Waals surface area contributed by atoms with Crippen LogP contribution in [-0.2, 0) is 21.4 Å². The molecule has 6 nitrogen and oxygen atoms in total. The van der Waals surface area contributed by atoms with Crippen molar-refractivity contribution in [2.75, 3.05) is 26.7 Å². The number of rotatable bonds is 9. The number of hydrogen-bond donors (Lipinski definition) is 0. The molecule has 0 spiro atoms. The monoisotopic (exact) mass is 544 g/mol. The minimum absolute atomic E-state index is 0.0438. The van der Waals surface area contributed by atoms with Gasteiger partial charge >= 0.3 is 0 Å². The quantitative estimate of drug-likeness (QED) is 0.363. The molecule has 1 saturated heterocycles. The van der Waals surface area contributed by atoms with E-state index in [-0.39, 0.29) is 36.9 Å². The van der Waals surface area contributed by atoms with Crippen molar-refractivity contribution in [1.29, 1.82) is 0 Å². The molecular formula is C28H30ClFN2O4S. The Morgan fingerprint density at radius 2 is 1.73 bits per heavy atom. The lowest BCUT2D eigenvalue weighted by Gasteiger charge is -2.42. The average molecular weight is 545 g/mol. The molecule has 0 saturated carbocycles. The fraction of sp³-hybridized carbons (Fsp3) is 0.321. The fourth-order valence-corrected chi connectivity index (χ4v) is 6.42. The molecule has 3 aromatic rings. The molecule has 3 aromatic carbocycles. The van der Waals surface area contributed by atoms with Crippen LogP contribution in [0.4, 0.5) is 4.39 Å². The first-order valence-electron chi connectivity index (χ1n) is 12.1. The van der Waals surface area contributed by atoms with Crippen molar-refractivity contribution in [1.82, 2.24) is 9.21 Å². The second-order valence-electron chi connectivity index (χ2n) is 9.53. The molecule has 0 N–H and O–H groups in total. The Balaban J connectivity index is 1.58. The molecule has 196 valence electrons. The predicted octanol–water partition coefficient (Wildman–Crippen LogP) is 5.38. The molecule has 4 rings (SSSR count). The van der Waals surface area contributed by atoms with E-state index in [1.165, 1.54) is 22.5 Å². The van der Waals surface area contributed by atoms with Gasteiger partial charge in [-0.3, -0.25) is 4.79 Å². The molecule has 0 unspecified atom stereocenters. The van der Waals surface area contributed by atoms with E-state index in [9.17, 15) is 17.6 Å². The molecule has 1 atom stereocenters. The number of halogens is 2. The third-order valence-corrected chi connectivity index (χ3v) is 8.78. The highest BCUT2D eigenvalue weighted by Gasteiger charge is 2.43. The van der Waals surface area contributed by atoms with Gasteiger partial charge in [-0.25, -0.2) is 12.8 Å². The van der Waals surface area contributed by atoms with Gasteiger partial charge in [-0.2, -0.15) is 4.31 Å². The van der Waals surface area contributed by atoms with E-state index in [4.69, 9.17) is 16.3 Å². The molecule has 1 fully saturated rings. The Morgan fingerprint density at radius 1 is 1.05 bits per heavy atom. The Labute approximate surface area is 222 Å². The maximum absolute atomic E-state index is 14.5. The third-order valence-electron chi connectivity index (χ3n) is 6.65. The molecule has 1 amide bonds. The van der Waals surface area contributed by atoms with E-state index < -0.39 is 21.3 Å². The molecule has 0 radical (unpaired) electrons. The molecule has 9 heteroatoms. The minimum Gasteiger partial charge on any atom is -0.493 e. The standard InChI is InChI=1S/C28H30ClFN2O4S/c1-31(19-22-8-3-2-4-9-22)27(33)18-28(21-36-24-14-12-23(29)13-15-24)16-7-17-32(20-28)37(34,35)26-11-6-5-10-25(26)30/h2-6,8-15H,7,16-21H2,1H3/t28-/m0/s1. The van der Waals surface area contributed by atoms with Crippen LogP contribution in [0.25, 0.3) is 0 Å². The van der Waals surface area contributed by atoms with Crippen LogP contribution < -0.4 is 4.74 Å². The van der Waals surface area contributed by atoms with Crippen molar-refractivity contribution < 1.29 is 22.3 Å². The van der Waals surface area contributed by atoms with Gasteiger partial charge in [0.05, 0.1) is 6.61 Å². The first kappa shape index (κ1) is 27.1. The molecule has 0 aromatic heterocycles. The number of benzene rings is 3. The number of ether oxygens (including phenoxy) is 1. The third kappa shape index (κ3) is 6.69. The number of piperidine rings is 1. The van der Waals surface area contributed by atoms with Gasteiger partial charge in [0.25, 0.3) is 0 Å². The van der Waals surface area contributed by atoms with Gasteiger partial charge in [0.15, 0.2) is 0 Å². The van der Waals surface area contributed by atoms with E-state index in [0.717, 1.165) is 11.6 Å². The largest absolute Gasteiger partial charge is 0.493 e. The second kappa shape index (κ2) is 11.6. The molecule has 1 aliphatic rings. The lowest BCUT2D eigenvalue weighted by atomic mass is 9.78. The van der Waals surface area contributed by atoms with Crippen LogP contribution in [0.5, 0.6) is 5.75 Å². The fourth-order valence-electron chi connectivity index (χ4n) is 4.64. The van der Waals surface area contributed by atoms with Crippen molar-refractivity contribution in [3.8, 4) is 5.75 Å². The predicted molar refractivity (Wildman–Crippen MR) is 141 cm³/mol. The SMILES string of the molecule is CN(Cc1ccccc1)C(=O)C[C@@]1(COc2ccc(Cl)cc2)CCCN(S(=O)(=O)c2ccccc2F)C1. The van der Waals surface area contributed by atoms with Crippen molar-refractivity contribution in [3.63, 3.8) is 0 Å². The van der Waals surface area contributed by atoms with Gasteiger partial charge in [0.1, 0.15) is 16.5 Å². The Hall–Kier alpha value is -2.94. The second-order valence-corrected chi connectivity index (χ2v) is 11.9. The topological polar surface area (TPSA) is 66.9 Å². The Bertz CT molecular complexity index is 1320. The van der Waals surface area contributed by atoms with Gasteiger partial charge in [-0.05, 0) is 54.8 Å². The van der Waals surface area contributed by atoms with E-state index in [1.807, 2.05) is 30.3 Å². The molecule has 37 heavy (non-hydrogen) atoms. The zero-order chi connectivity index (χ0) is 26.5. The van der Waals surface area contributed by atoms with Crippen LogP contribution in [0, 0.1) is 11.2 Å². The van der Waals surface area contributed by atoms with E-state index in [1.54, 1.807) is 36.2 Å². The number of hydrogen-bond acceptors (Lipinski definition) is 4. The number of amides is 1. The summed E-state index contributed by atoms with van der Waals surface area (Å²) in [6, 6.07) is 21.9. The molecule has 1 heterocycles. The summed E-state index contributed by atoms with van der Waals surface area (Å²) in [5.41, 5.74) is 0.204. The summed E-state index contributed by atoms with van der Waals surface area (Å²) >= 11 is 5.99. The van der Waals surface area contributed by atoms with E-state index in [2.05, 4.69) is 0 Å². The van der Waals surface area contributed by atoms with Crippen molar-refractivity contribution in [2.24, 2.45) is 5.41 Å². The summed E-state index contributed by atoms with van der Waals surface area (Å²) in [5.74, 6) is -0.341. The van der Waals surface area contributed by atoms with Gasteiger partial charge in [-0.1, -0.05) is 54.1 Å². The maximum Gasteiger partial charge on any atom is 0.246 e. The zero-order valence-corrected chi connectivity index (χ0v) is 22.2. The lowest BCUT2D eigenvalue weighted by Crippen LogP contribution is -2.50. The van der Waals surface area contributed by atoms with Crippen LogP contribution in [-0.4, -0.2) is 50.3 Å². The highest BCUT2D eigenvalue weighted by molar-refractivity contribution is 7.89. The number of carbonyl (C=O) groups excluding carboxylic acids is 1. The summed E-state index contributed by atoms with van der Waals surface area (Å²) in [7, 11) is -2.36. The highest BCUT2D eigenvalue weighted by atomic mass is 35.5. The first-order valence-corrected chi connectivity index (χ1v) is 13.9. The highest BCUT2D eigenvalue weighted by Crippen LogP contribution is 2.38. The summed E-state index contributed by atoms with van der Waals surface area (Å²) in [6.07, 6.45) is 1.20. The molecule has 0 aliphatic carbocycles. The molecule has 1 aliphatic heterocycles. The Morgan fingerprint density at radius 3 is 2.43 bits per heavy atom. The summed E-state index contributed by atoms with van der Waals surface area (Å²) < 4.78 is 48.6. The van der Waals surface area contributed by atoms with Gasteiger partial charge in [-0.15, -0.1) is 0 Å². The van der Waals surface area contributed by atoms with Crippen LogP contribution in [0.1, 0.15) is 24.8 Å². The van der Waals surface area contributed by atoms with E-state index in [0.29, 0.717) is 30.2 Å². The van der Waals surface area contributed by atoms with Crippen molar-refractivity contribution in [3.05, 3.63) is 95.3 Å². The number of sulfonamides is 1. The summed E-state index contributed by atoms with van der Waals surface area (Å²) in [5, 5.41) is 0.569. The van der Waals surface area contributed by atoms with Crippen LogP contribution >= 0.6 is 11.6 Å². The van der Waals surface area contributed by atoms with Gasteiger partial charge in [0.2, 0.25) is 15.9 Å².